The van der Waals surface area contributed by atoms with Gasteiger partial charge in [-0.15, -0.1) is 0 Å². The van der Waals surface area contributed by atoms with Crippen LogP contribution in [0.5, 0.6) is 11.5 Å². The topological polar surface area (TPSA) is 110 Å². The van der Waals surface area contributed by atoms with Crippen LogP contribution in [0.15, 0.2) is 74.0 Å². The summed E-state index contributed by atoms with van der Waals surface area (Å²) in [6.45, 7) is 6.26. The molecule has 192 valence electrons. The van der Waals surface area contributed by atoms with Crippen molar-refractivity contribution < 1.29 is 9.53 Å². The molecule has 1 amide bonds. The first-order valence-corrected chi connectivity index (χ1v) is 12.5. The first-order chi connectivity index (χ1) is 19.1. The Bertz CT molecular complexity index is 1790. The maximum Gasteiger partial charge on any atom is 0.246 e. The highest BCUT2D eigenvalue weighted by Crippen LogP contribution is 2.30. The zero-order chi connectivity index (χ0) is 26.8. The quantitative estimate of drug-likeness (QED) is 0.270. The Morgan fingerprint density at radius 3 is 2.95 bits per heavy atom. The lowest BCUT2D eigenvalue weighted by Gasteiger charge is -2.18. The van der Waals surface area contributed by atoms with E-state index in [1.165, 1.54) is 18.7 Å². The molecule has 39 heavy (non-hydrogen) atoms. The van der Waals surface area contributed by atoms with Crippen molar-refractivity contribution in [3.63, 3.8) is 0 Å². The van der Waals surface area contributed by atoms with E-state index in [4.69, 9.17) is 9.72 Å². The van der Waals surface area contributed by atoms with Gasteiger partial charge in [-0.2, -0.15) is 5.10 Å². The molecule has 0 bridgehead atoms. The summed E-state index contributed by atoms with van der Waals surface area (Å²) in [6.07, 6.45) is 7.90. The molecule has 1 fully saturated rings. The molecule has 0 aliphatic carbocycles. The molecule has 1 aromatic carbocycles. The van der Waals surface area contributed by atoms with E-state index in [0.717, 1.165) is 29.8 Å². The van der Waals surface area contributed by atoms with Crippen LogP contribution >= 0.6 is 0 Å². The van der Waals surface area contributed by atoms with E-state index in [1.807, 2.05) is 49.4 Å². The third kappa shape index (κ3) is 4.98. The molecule has 1 aliphatic heterocycles. The van der Waals surface area contributed by atoms with Gasteiger partial charge in [0.25, 0.3) is 0 Å². The van der Waals surface area contributed by atoms with Crippen molar-refractivity contribution in [1.29, 1.82) is 0 Å². The number of aryl methyl sites for hydroxylation is 1. The van der Waals surface area contributed by atoms with Crippen molar-refractivity contribution in [1.82, 2.24) is 34.4 Å². The number of pyridine rings is 2. The van der Waals surface area contributed by atoms with Crippen LogP contribution in [0.1, 0.15) is 24.1 Å². The van der Waals surface area contributed by atoms with Gasteiger partial charge in [-0.3, -0.25) is 4.79 Å². The maximum atomic E-state index is 12.1. The van der Waals surface area contributed by atoms with Crippen molar-refractivity contribution in [2.45, 2.75) is 25.8 Å². The fourth-order valence-corrected chi connectivity index (χ4v) is 4.52. The minimum absolute atomic E-state index is 0.0961. The molecule has 0 unspecified atom stereocenters. The summed E-state index contributed by atoms with van der Waals surface area (Å²) in [5, 5.41) is 7.46. The second kappa shape index (κ2) is 10.2. The van der Waals surface area contributed by atoms with Gasteiger partial charge in [-0.1, -0.05) is 12.5 Å². The van der Waals surface area contributed by atoms with Gasteiger partial charge in [-0.05, 0) is 73.7 Å². The Kier molecular flexibility index (Phi) is 6.31. The molecular formula is C29H24N8O2. The predicted molar refractivity (Wildman–Crippen MR) is 147 cm³/mol. The number of carbonyl (C=O) groups is 1. The third-order valence-corrected chi connectivity index (χ3v) is 6.48. The summed E-state index contributed by atoms with van der Waals surface area (Å²) in [5.41, 5.74) is 4.37. The zero-order valence-electron chi connectivity index (χ0n) is 21.2. The first kappa shape index (κ1) is 24.1. The highest BCUT2D eigenvalue weighted by molar-refractivity contribution is 5.88. The summed E-state index contributed by atoms with van der Waals surface area (Å²) < 4.78 is 7.76. The summed E-state index contributed by atoms with van der Waals surface area (Å²) in [4.78, 5) is 31.5. The van der Waals surface area contributed by atoms with Crippen molar-refractivity contribution in [2.75, 3.05) is 11.9 Å². The molecule has 6 rings (SSSR count). The summed E-state index contributed by atoms with van der Waals surface area (Å²) in [5.74, 6) is 8.20. The molecule has 1 atom stereocenters. The number of ether oxygens (including phenoxy) is 1. The largest absolute Gasteiger partial charge is 0.457 e. The van der Waals surface area contributed by atoms with Crippen LogP contribution in [-0.2, 0) is 4.79 Å². The van der Waals surface area contributed by atoms with E-state index < -0.39 is 0 Å². The van der Waals surface area contributed by atoms with Gasteiger partial charge in [0.05, 0.1) is 11.6 Å². The lowest BCUT2D eigenvalue weighted by atomic mass is 10.2. The predicted octanol–water partition coefficient (Wildman–Crippen LogP) is 4.44. The monoisotopic (exact) mass is 516 g/mol. The molecule has 10 nitrogen and oxygen atoms in total. The fraction of sp³-hybridized carbons (Fsp3) is 0.172. The van der Waals surface area contributed by atoms with Crippen LogP contribution in [0.25, 0.3) is 16.7 Å². The summed E-state index contributed by atoms with van der Waals surface area (Å²) in [7, 11) is 0. The summed E-state index contributed by atoms with van der Waals surface area (Å²) >= 11 is 0. The SMILES string of the molecule is C=CC(=O)N1CCC[C@@H]1C#Cc1ccc2ncnc(Nc3ccc(Oc4ccn5ncnc5c4)c(C)c3)c2n1. The van der Waals surface area contributed by atoms with Crippen LogP contribution < -0.4 is 10.1 Å². The average Bonchev–Trinajstić information content (AvgIpc) is 3.62. The Morgan fingerprint density at radius 2 is 2.08 bits per heavy atom. The zero-order valence-corrected chi connectivity index (χ0v) is 21.2. The van der Waals surface area contributed by atoms with E-state index in [1.54, 1.807) is 15.6 Å². The number of anilines is 2. The number of likely N-dealkylation sites (tertiary alicyclic amines) is 1. The molecule has 1 N–H and O–H groups in total. The molecule has 5 aromatic rings. The van der Waals surface area contributed by atoms with E-state index in [9.17, 15) is 4.79 Å². The van der Waals surface area contributed by atoms with Crippen LogP contribution in [0.4, 0.5) is 11.5 Å². The normalized spacial score (nSPS) is 14.7. The lowest BCUT2D eigenvalue weighted by molar-refractivity contribution is -0.125. The highest BCUT2D eigenvalue weighted by Gasteiger charge is 2.25. The molecule has 0 radical (unpaired) electrons. The van der Waals surface area contributed by atoms with Crippen molar-refractivity contribution in [3.05, 3.63) is 85.2 Å². The number of fused-ring (bicyclic) bond motifs is 2. The van der Waals surface area contributed by atoms with Crippen LogP contribution in [0.3, 0.4) is 0 Å². The molecule has 1 aliphatic rings. The number of hydrogen-bond donors (Lipinski definition) is 1. The number of hydrogen-bond acceptors (Lipinski definition) is 8. The van der Waals surface area contributed by atoms with Gasteiger partial charge < -0.3 is 15.0 Å². The minimum Gasteiger partial charge on any atom is -0.457 e. The van der Waals surface area contributed by atoms with Crippen LogP contribution in [-0.4, -0.2) is 52.9 Å². The van der Waals surface area contributed by atoms with Crippen molar-refractivity contribution in [2.24, 2.45) is 0 Å². The minimum atomic E-state index is -0.139. The molecule has 5 heterocycles. The Balaban J connectivity index is 1.23. The number of carbonyl (C=O) groups excluding carboxylic acids is 1. The number of nitrogens with zero attached hydrogens (tertiary/aromatic N) is 7. The van der Waals surface area contributed by atoms with E-state index in [0.29, 0.717) is 40.5 Å². The standard InChI is InChI=1S/C29H24N8O2/c1-3-27(38)36-13-4-5-22(36)9-6-20-7-10-24-28(34-20)29(32-17-30-24)35-21-8-11-25(19(2)15-21)39-23-12-14-37-26(16-23)31-18-33-37/h3,7-8,10-12,14-18,22H,1,4-5,13H2,2H3,(H,30,32,35)/t22-/m1/s1. The number of nitrogens with one attached hydrogen (secondary N) is 1. The number of aromatic nitrogens is 6. The number of benzene rings is 1. The second-order valence-corrected chi connectivity index (χ2v) is 9.08. The molecule has 4 aromatic heterocycles. The van der Waals surface area contributed by atoms with E-state index in [-0.39, 0.29) is 11.9 Å². The Morgan fingerprint density at radius 1 is 1.15 bits per heavy atom. The molecule has 0 spiro atoms. The first-order valence-electron chi connectivity index (χ1n) is 12.5. The number of rotatable bonds is 5. The summed E-state index contributed by atoms with van der Waals surface area (Å²) in [6, 6.07) is 13.0. The van der Waals surface area contributed by atoms with Gasteiger partial charge >= 0.3 is 0 Å². The Hall–Kier alpha value is -5.30. The average molecular weight is 517 g/mol. The van der Waals surface area contributed by atoms with Gasteiger partial charge in [-0.25, -0.2) is 24.5 Å². The molecule has 1 saturated heterocycles. The van der Waals surface area contributed by atoms with Crippen molar-refractivity contribution in [3.8, 4) is 23.3 Å². The van der Waals surface area contributed by atoms with E-state index in [2.05, 4.69) is 43.8 Å². The molecule has 0 saturated carbocycles. The van der Waals surface area contributed by atoms with Crippen LogP contribution in [0.2, 0.25) is 0 Å². The van der Waals surface area contributed by atoms with E-state index >= 15 is 0 Å². The molecule has 10 heteroatoms. The van der Waals surface area contributed by atoms with Gasteiger partial charge in [0.15, 0.2) is 11.5 Å². The lowest BCUT2D eigenvalue weighted by Crippen LogP contribution is -2.33. The third-order valence-electron chi connectivity index (χ3n) is 6.48. The van der Waals surface area contributed by atoms with Gasteiger partial charge in [0.1, 0.15) is 35.4 Å². The maximum absolute atomic E-state index is 12.1. The smallest absolute Gasteiger partial charge is 0.246 e. The number of amides is 1. The van der Waals surface area contributed by atoms with Gasteiger partial charge in [0.2, 0.25) is 5.91 Å². The van der Waals surface area contributed by atoms with Gasteiger partial charge in [0, 0.05) is 24.5 Å². The highest BCUT2D eigenvalue weighted by atomic mass is 16.5. The van der Waals surface area contributed by atoms with Crippen LogP contribution in [0, 0.1) is 18.8 Å². The second-order valence-electron chi connectivity index (χ2n) is 9.08. The Labute approximate surface area is 224 Å². The fourth-order valence-electron chi connectivity index (χ4n) is 4.52. The molecular weight excluding hydrogens is 492 g/mol. The van der Waals surface area contributed by atoms with Crippen molar-refractivity contribution >= 4 is 34.1 Å².